The second kappa shape index (κ2) is 5.75. The summed E-state index contributed by atoms with van der Waals surface area (Å²) in [5, 5.41) is 8.99. The maximum atomic E-state index is 10.4. The summed E-state index contributed by atoms with van der Waals surface area (Å²) in [4.78, 5) is 10.4. The highest BCUT2D eigenvalue weighted by Gasteiger charge is 1.96. The molecule has 0 radical (unpaired) electrons. The van der Waals surface area contributed by atoms with E-state index in [4.69, 9.17) is 5.11 Å². The average Bonchev–Trinajstić information content (AvgIpc) is 2.04. The molecule has 0 rings (SSSR count). The van der Waals surface area contributed by atoms with Gasteiger partial charge in [0.1, 0.15) is 0 Å². The number of hydrogen-bond donors (Lipinski definition) is 1. The molecule has 62 valence electrons. The molecule has 0 aromatic heterocycles. The van der Waals surface area contributed by atoms with Crippen LogP contribution in [0, 0.1) is 11.8 Å². The fraction of sp³-hybridized carbons (Fsp3) is 0.625. The van der Waals surface area contributed by atoms with Crippen LogP contribution in [0.5, 0.6) is 0 Å². The van der Waals surface area contributed by atoms with Gasteiger partial charge >= 0.3 is 5.97 Å². The van der Waals surface area contributed by atoms with E-state index in [9.17, 15) is 4.79 Å². The van der Waals surface area contributed by atoms with Crippen molar-refractivity contribution in [3.63, 3.8) is 0 Å². The molecule has 3 nitrogen and oxygen atoms in total. The van der Waals surface area contributed by atoms with Gasteiger partial charge in [-0.3, -0.25) is 0 Å². The normalized spacial score (nSPS) is 11.2. The Labute approximate surface area is 66.4 Å². The lowest BCUT2D eigenvalue weighted by molar-refractivity contribution is -0.133. The van der Waals surface area contributed by atoms with Gasteiger partial charge in [-0.15, -0.1) is 0 Å². The summed E-state index contributed by atoms with van der Waals surface area (Å²) < 4.78 is 4.27. The van der Waals surface area contributed by atoms with Crippen molar-refractivity contribution in [3.8, 4) is 11.8 Å². The van der Waals surface area contributed by atoms with E-state index in [1.807, 2.05) is 6.92 Å². The van der Waals surface area contributed by atoms with Crippen LogP contribution in [0.1, 0.15) is 19.8 Å². The first kappa shape index (κ1) is 9.99. The standard InChI is InChI=1S/C8H12O3/c1-3-7(9)5-4-6-8(10)11-2/h7,9H,3,5H2,1-2H3. The molecule has 0 aromatic rings. The fourth-order valence-corrected chi connectivity index (χ4v) is 0.436. The first-order valence-electron chi connectivity index (χ1n) is 3.45. The maximum Gasteiger partial charge on any atom is 0.384 e. The van der Waals surface area contributed by atoms with Gasteiger partial charge in [0.2, 0.25) is 0 Å². The Balaban J connectivity index is 3.63. The summed E-state index contributed by atoms with van der Waals surface area (Å²) in [6, 6.07) is 0. The van der Waals surface area contributed by atoms with Crippen molar-refractivity contribution in [1.82, 2.24) is 0 Å². The lowest BCUT2D eigenvalue weighted by atomic mass is 10.2. The van der Waals surface area contributed by atoms with Crippen LogP contribution in [0.15, 0.2) is 0 Å². The van der Waals surface area contributed by atoms with Crippen LogP contribution in [0.4, 0.5) is 0 Å². The van der Waals surface area contributed by atoms with E-state index in [1.165, 1.54) is 7.11 Å². The van der Waals surface area contributed by atoms with Crippen molar-refractivity contribution in [2.45, 2.75) is 25.9 Å². The number of esters is 1. The molecule has 0 bridgehead atoms. The molecule has 0 aliphatic heterocycles. The molecule has 3 heteroatoms. The quantitative estimate of drug-likeness (QED) is 0.356. The molecule has 0 saturated carbocycles. The zero-order valence-corrected chi connectivity index (χ0v) is 6.76. The number of aliphatic hydroxyl groups excluding tert-OH is 1. The lowest BCUT2D eigenvalue weighted by Crippen LogP contribution is -2.02. The molecule has 0 aliphatic carbocycles. The monoisotopic (exact) mass is 156 g/mol. The fourth-order valence-electron chi connectivity index (χ4n) is 0.436. The zero-order chi connectivity index (χ0) is 8.69. The highest BCUT2D eigenvalue weighted by molar-refractivity contribution is 5.88. The predicted molar refractivity (Wildman–Crippen MR) is 40.7 cm³/mol. The minimum absolute atomic E-state index is 0.325. The number of methoxy groups -OCH3 is 1. The second-order valence-corrected chi connectivity index (χ2v) is 2.06. The first-order chi connectivity index (χ1) is 5.20. The zero-order valence-electron chi connectivity index (χ0n) is 6.76. The molecule has 0 spiro atoms. The van der Waals surface area contributed by atoms with Gasteiger partial charge in [-0.05, 0) is 6.42 Å². The third-order valence-electron chi connectivity index (χ3n) is 1.18. The summed E-state index contributed by atoms with van der Waals surface area (Å²) in [6.07, 6.45) is 0.536. The van der Waals surface area contributed by atoms with E-state index in [2.05, 4.69) is 16.6 Å². The third-order valence-corrected chi connectivity index (χ3v) is 1.18. The van der Waals surface area contributed by atoms with Crippen LogP contribution in [0.3, 0.4) is 0 Å². The number of carbonyl (C=O) groups excluding carboxylic acids is 1. The molecule has 11 heavy (non-hydrogen) atoms. The molecular formula is C8H12O3. The highest BCUT2D eigenvalue weighted by Crippen LogP contribution is 1.93. The molecule has 1 N–H and O–H groups in total. The Kier molecular flexibility index (Phi) is 5.22. The van der Waals surface area contributed by atoms with E-state index in [0.717, 1.165) is 0 Å². The second-order valence-electron chi connectivity index (χ2n) is 2.06. The first-order valence-corrected chi connectivity index (χ1v) is 3.45. The number of aliphatic hydroxyl groups is 1. The third kappa shape index (κ3) is 5.43. The Morgan fingerprint density at radius 1 is 1.73 bits per heavy atom. The van der Waals surface area contributed by atoms with Crippen molar-refractivity contribution in [2.24, 2.45) is 0 Å². The molecule has 1 unspecified atom stereocenters. The van der Waals surface area contributed by atoms with Gasteiger partial charge in [-0.25, -0.2) is 4.79 Å². The van der Waals surface area contributed by atoms with Crippen molar-refractivity contribution in [1.29, 1.82) is 0 Å². The van der Waals surface area contributed by atoms with Gasteiger partial charge in [0.05, 0.1) is 13.2 Å². The van der Waals surface area contributed by atoms with Gasteiger partial charge in [-0.1, -0.05) is 12.8 Å². The number of rotatable bonds is 2. The van der Waals surface area contributed by atoms with E-state index >= 15 is 0 Å². The van der Waals surface area contributed by atoms with Gasteiger partial charge in [0.15, 0.2) is 0 Å². The van der Waals surface area contributed by atoms with Gasteiger partial charge < -0.3 is 9.84 Å². The Morgan fingerprint density at radius 3 is 2.82 bits per heavy atom. The van der Waals surface area contributed by atoms with Crippen molar-refractivity contribution in [2.75, 3.05) is 7.11 Å². The summed E-state index contributed by atoms with van der Waals surface area (Å²) in [5.41, 5.74) is 0. The molecule has 0 fully saturated rings. The highest BCUT2D eigenvalue weighted by atomic mass is 16.5. The number of hydrogen-bond acceptors (Lipinski definition) is 3. The lowest BCUT2D eigenvalue weighted by Gasteiger charge is -1.98. The Bertz CT molecular complexity index is 176. The summed E-state index contributed by atoms with van der Waals surface area (Å²) in [6.45, 7) is 1.85. The smallest absolute Gasteiger partial charge is 0.384 e. The minimum Gasteiger partial charge on any atom is -0.459 e. The van der Waals surface area contributed by atoms with E-state index in [1.54, 1.807) is 0 Å². The van der Waals surface area contributed by atoms with Crippen LogP contribution < -0.4 is 0 Å². The van der Waals surface area contributed by atoms with E-state index in [-0.39, 0.29) is 0 Å². The molecule has 0 aliphatic rings. The Hall–Kier alpha value is -1.01. The summed E-state index contributed by atoms with van der Waals surface area (Å²) >= 11 is 0. The van der Waals surface area contributed by atoms with E-state index < -0.39 is 12.1 Å². The minimum atomic E-state index is -0.562. The van der Waals surface area contributed by atoms with Crippen molar-refractivity contribution >= 4 is 5.97 Å². The number of carbonyl (C=O) groups is 1. The molecular weight excluding hydrogens is 144 g/mol. The summed E-state index contributed by atoms with van der Waals surface area (Å²) in [5.74, 6) is 4.18. The van der Waals surface area contributed by atoms with Crippen LogP contribution in [0.25, 0.3) is 0 Å². The molecule has 1 atom stereocenters. The summed E-state index contributed by atoms with van der Waals surface area (Å²) in [7, 11) is 1.27. The van der Waals surface area contributed by atoms with Gasteiger partial charge in [-0.2, -0.15) is 0 Å². The van der Waals surface area contributed by atoms with Crippen molar-refractivity contribution < 1.29 is 14.6 Å². The largest absolute Gasteiger partial charge is 0.459 e. The van der Waals surface area contributed by atoms with Crippen LogP contribution in [0.2, 0.25) is 0 Å². The molecule has 0 heterocycles. The van der Waals surface area contributed by atoms with E-state index in [0.29, 0.717) is 12.8 Å². The predicted octanol–water partition coefficient (Wildman–Crippen LogP) is 0.324. The Morgan fingerprint density at radius 2 is 2.36 bits per heavy atom. The maximum absolute atomic E-state index is 10.4. The van der Waals surface area contributed by atoms with Gasteiger partial charge in [0, 0.05) is 12.3 Å². The topological polar surface area (TPSA) is 46.5 Å². The van der Waals surface area contributed by atoms with Crippen LogP contribution in [-0.4, -0.2) is 24.3 Å². The molecule has 0 saturated heterocycles. The van der Waals surface area contributed by atoms with Crippen molar-refractivity contribution in [3.05, 3.63) is 0 Å². The number of ether oxygens (including phenoxy) is 1. The molecule has 0 aromatic carbocycles. The SMILES string of the molecule is CCC(O)CC#CC(=O)OC. The average molecular weight is 156 g/mol. The van der Waals surface area contributed by atoms with Crippen LogP contribution in [-0.2, 0) is 9.53 Å². The van der Waals surface area contributed by atoms with Gasteiger partial charge in [0.25, 0.3) is 0 Å². The van der Waals surface area contributed by atoms with Crippen LogP contribution >= 0.6 is 0 Å². The molecule has 0 amide bonds.